The van der Waals surface area contributed by atoms with Crippen molar-refractivity contribution in [3.8, 4) is 11.5 Å². The normalized spacial score (nSPS) is 14.3. The number of hydrogen-bond donors (Lipinski definition) is 0. The van der Waals surface area contributed by atoms with E-state index in [0.29, 0.717) is 17.1 Å². The van der Waals surface area contributed by atoms with Crippen LogP contribution in [0.5, 0.6) is 11.5 Å². The second kappa shape index (κ2) is 6.99. The van der Waals surface area contributed by atoms with Gasteiger partial charge in [-0.05, 0) is 12.1 Å². The van der Waals surface area contributed by atoms with Gasteiger partial charge in [-0.15, -0.1) is 0 Å². The van der Waals surface area contributed by atoms with Crippen molar-refractivity contribution in [1.82, 2.24) is 4.90 Å². The van der Waals surface area contributed by atoms with Gasteiger partial charge >= 0.3 is 0 Å². The Hall–Kier alpha value is -2.79. The number of ether oxygens (including phenoxy) is 2. The highest BCUT2D eigenvalue weighted by atomic mass is 35.5. The Kier molecular flexibility index (Phi) is 4.76. The van der Waals surface area contributed by atoms with Gasteiger partial charge in [0.05, 0.1) is 26.3 Å². The lowest BCUT2D eigenvalue weighted by molar-refractivity contribution is -0.137. The Morgan fingerprint density at radius 3 is 2.16 bits per heavy atom. The van der Waals surface area contributed by atoms with Crippen LogP contribution in [0.1, 0.15) is 11.1 Å². The van der Waals surface area contributed by atoms with E-state index in [1.54, 1.807) is 36.4 Å². The number of benzene rings is 2. The van der Waals surface area contributed by atoms with Crippen molar-refractivity contribution in [2.75, 3.05) is 14.2 Å². The van der Waals surface area contributed by atoms with Crippen molar-refractivity contribution in [3.63, 3.8) is 0 Å². The Labute approximate surface area is 150 Å². The fourth-order valence-corrected chi connectivity index (χ4v) is 3.06. The number of methoxy groups -OCH3 is 2. The van der Waals surface area contributed by atoms with Gasteiger partial charge < -0.3 is 9.47 Å². The maximum atomic E-state index is 12.9. The summed E-state index contributed by atoms with van der Waals surface area (Å²) >= 11 is 6.20. The molecular formula is C19H16ClNO4. The van der Waals surface area contributed by atoms with E-state index in [9.17, 15) is 9.59 Å². The topological polar surface area (TPSA) is 55.8 Å². The lowest BCUT2D eigenvalue weighted by Crippen LogP contribution is -2.31. The van der Waals surface area contributed by atoms with E-state index >= 15 is 0 Å². The van der Waals surface area contributed by atoms with Crippen LogP contribution in [0.2, 0.25) is 0 Å². The second-order valence-corrected chi connectivity index (χ2v) is 5.78. The van der Waals surface area contributed by atoms with Gasteiger partial charge in [-0.1, -0.05) is 48.0 Å². The summed E-state index contributed by atoms with van der Waals surface area (Å²) in [6.07, 6.45) is 0. The molecule has 0 radical (unpaired) electrons. The number of carbonyl (C=O) groups excluding carboxylic acids is 2. The summed E-state index contributed by atoms with van der Waals surface area (Å²) in [6, 6.07) is 14.2. The summed E-state index contributed by atoms with van der Waals surface area (Å²) in [6.45, 7) is 0.0799. The molecule has 0 aromatic heterocycles. The van der Waals surface area contributed by atoms with Gasteiger partial charge in [0.25, 0.3) is 11.8 Å². The van der Waals surface area contributed by atoms with Gasteiger partial charge in [0.1, 0.15) is 16.5 Å². The number of hydrogen-bond acceptors (Lipinski definition) is 4. The van der Waals surface area contributed by atoms with Crippen LogP contribution < -0.4 is 9.47 Å². The molecule has 0 fully saturated rings. The molecule has 0 aliphatic carbocycles. The number of imide groups is 1. The molecule has 0 atom stereocenters. The van der Waals surface area contributed by atoms with E-state index in [2.05, 4.69) is 0 Å². The Bertz CT molecular complexity index is 875. The first-order valence-electron chi connectivity index (χ1n) is 7.59. The average Bonchev–Trinajstić information content (AvgIpc) is 2.85. The van der Waals surface area contributed by atoms with Gasteiger partial charge in [-0.25, -0.2) is 0 Å². The van der Waals surface area contributed by atoms with Gasteiger partial charge in [0.15, 0.2) is 0 Å². The largest absolute Gasteiger partial charge is 0.496 e. The Morgan fingerprint density at radius 2 is 1.48 bits per heavy atom. The molecule has 0 unspecified atom stereocenters. The molecule has 1 aliphatic heterocycles. The lowest BCUT2D eigenvalue weighted by Gasteiger charge is -2.17. The molecular weight excluding hydrogens is 342 g/mol. The zero-order chi connectivity index (χ0) is 18.0. The first-order chi connectivity index (χ1) is 12.1. The molecule has 0 N–H and O–H groups in total. The summed E-state index contributed by atoms with van der Waals surface area (Å²) in [5, 5.41) is -0.107. The number of carbonyl (C=O) groups is 2. The van der Waals surface area contributed by atoms with E-state index in [4.69, 9.17) is 21.1 Å². The highest BCUT2D eigenvalue weighted by Gasteiger charge is 2.39. The van der Waals surface area contributed by atoms with Gasteiger partial charge in [0.2, 0.25) is 0 Å². The van der Waals surface area contributed by atoms with Crippen LogP contribution in [0.3, 0.4) is 0 Å². The van der Waals surface area contributed by atoms with Crippen molar-refractivity contribution in [3.05, 3.63) is 64.7 Å². The lowest BCUT2D eigenvalue weighted by atomic mass is 10.0. The minimum Gasteiger partial charge on any atom is -0.496 e. The number of nitrogens with zero attached hydrogens (tertiary/aromatic N) is 1. The number of amides is 2. The molecule has 1 aliphatic rings. The SMILES string of the molecule is COc1ccccc1CN1C(=O)C(Cl)=C(c2ccccc2OC)C1=O. The third-order valence-corrected chi connectivity index (χ3v) is 4.36. The van der Waals surface area contributed by atoms with E-state index < -0.39 is 11.8 Å². The summed E-state index contributed by atoms with van der Waals surface area (Å²) in [5.74, 6) is 0.102. The van der Waals surface area contributed by atoms with Crippen LogP contribution in [0.4, 0.5) is 0 Å². The molecule has 0 spiro atoms. The third-order valence-electron chi connectivity index (χ3n) is 4.01. The number of halogens is 1. The molecule has 0 bridgehead atoms. The van der Waals surface area contributed by atoms with E-state index in [1.165, 1.54) is 14.2 Å². The molecule has 1 heterocycles. The zero-order valence-corrected chi connectivity index (χ0v) is 14.5. The predicted molar refractivity (Wildman–Crippen MR) is 94.3 cm³/mol. The van der Waals surface area contributed by atoms with Crippen molar-refractivity contribution in [2.45, 2.75) is 6.54 Å². The molecule has 25 heavy (non-hydrogen) atoms. The summed E-state index contributed by atoms with van der Waals surface area (Å²) in [7, 11) is 3.04. The van der Waals surface area contributed by atoms with Gasteiger partial charge in [-0.3, -0.25) is 14.5 Å². The fraction of sp³-hybridized carbons (Fsp3) is 0.158. The van der Waals surface area contributed by atoms with Crippen LogP contribution in [-0.2, 0) is 16.1 Å². The van der Waals surface area contributed by atoms with Gasteiger partial charge in [0, 0.05) is 11.1 Å². The number of para-hydroxylation sites is 2. The molecule has 128 valence electrons. The van der Waals surface area contributed by atoms with Crippen LogP contribution in [0.25, 0.3) is 5.57 Å². The maximum absolute atomic E-state index is 12.9. The first-order valence-corrected chi connectivity index (χ1v) is 7.97. The highest BCUT2D eigenvalue weighted by molar-refractivity contribution is 6.55. The smallest absolute Gasteiger partial charge is 0.273 e. The quantitative estimate of drug-likeness (QED) is 0.771. The van der Waals surface area contributed by atoms with E-state index in [-0.39, 0.29) is 17.2 Å². The third kappa shape index (κ3) is 2.98. The van der Waals surface area contributed by atoms with Crippen molar-refractivity contribution in [1.29, 1.82) is 0 Å². The molecule has 5 nitrogen and oxygen atoms in total. The Morgan fingerprint density at radius 1 is 0.880 bits per heavy atom. The molecule has 6 heteroatoms. The van der Waals surface area contributed by atoms with Gasteiger partial charge in [-0.2, -0.15) is 0 Å². The molecule has 2 aromatic carbocycles. The van der Waals surface area contributed by atoms with Crippen LogP contribution in [-0.4, -0.2) is 30.9 Å². The minimum atomic E-state index is -0.529. The van der Waals surface area contributed by atoms with Crippen molar-refractivity contribution >= 4 is 29.0 Å². The summed E-state index contributed by atoms with van der Waals surface area (Å²) in [5.41, 5.74) is 1.37. The first kappa shape index (κ1) is 17.0. The van der Waals surface area contributed by atoms with Crippen LogP contribution in [0, 0.1) is 0 Å². The molecule has 2 aromatic rings. The zero-order valence-electron chi connectivity index (χ0n) is 13.8. The Balaban J connectivity index is 1.97. The molecule has 0 saturated heterocycles. The van der Waals surface area contributed by atoms with E-state index in [0.717, 1.165) is 10.5 Å². The maximum Gasteiger partial charge on any atom is 0.273 e. The molecule has 2 amide bonds. The second-order valence-electron chi connectivity index (χ2n) is 5.40. The molecule has 0 saturated carbocycles. The fourth-order valence-electron chi connectivity index (χ4n) is 2.78. The average molecular weight is 358 g/mol. The standard InChI is InChI=1S/C19H16ClNO4/c1-24-14-9-5-3-7-12(14)11-21-18(22)16(17(20)19(21)23)13-8-4-6-10-15(13)25-2/h3-10H,11H2,1-2H3. The predicted octanol–water partition coefficient (Wildman–Crippen LogP) is 3.22. The summed E-state index contributed by atoms with van der Waals surface area (Å²) < 4.78 is 10.6. The monoisotopic (exact) mass is 357 g/mol. The molecule has 3 rings (SSSR count). The highest BCUT2D eigenvalue weighted by Crippen LogP contribution is 2.37. The number of rotatable bonds is 5. The van der Waals surface area contributed by atoms with Crippen molar-refractivity contribution in [2.24, 2.45) is 0 Å². The summed E-state index contributed by atoms with van der Waals surface area (Å²) in [4.78, 5) is 26.5. The minimum absolute atomic E-state index is 0.0799. The van der Waals surface area contributed by atoms with Crippen LogP contribution >= 0.6 is 11.6 Å². The van der Waals surface area contributed by atoms with Crippen LogP contribution in [0.15, 0.2) is 53.6 Å². The van der Waals surface area contributed by atoms with Crippen molar-refractivity contribution < 1.29 is 19.1 Å². The van der Waals surface area contributed by atoms with E-state index in [1.807, 2.05) is 12.1 Å².